The SMILES string of the molecule is C=Cc1cn(C2CC2)c2cc(Cl)c(F)cc2c1=O.CNCC(=O)N1CCN(c2c(F)cc(N3CC(CNC(=O)OC)OC3=O)cc2F)CC1. The molecule has 49 heavy (non-hydrogen) atoms. The highest BCUT2D eigenvalue weighted by molar-refractivity contribution is 6.31. The molecule has 0 radical (unpaired) electrons. The van der Waals surface area contributed by atoms with E-state index in [1.807, 2.05) is 4.57 Å². The number of methoxy groups -OCH3 is 1. The number of alkyl carbamates (subject to hydrolysis) is 1. The molecular formula is C33H36ClF3N6O6. The number of hydrogen-bond acceptors (Lipinski definition) is 8. The van der Waals surface area contributed by atoms with Crippen LogP contribution in [0.5, 0.6) is 0 Å². The van der Waals surface area contributed by atoms with Crippen LogP contribution in [0.25, 0.3) is 17.0 Å². The number of piperazine rings is 1. The lowest BCUT2D eigenvalue weighted by molar-refractivity contribution is -0.130. The summed E-state index contributed by atoms with van der Waals surface area (Å²) in [6.07, 6.45) is 3.31. The molecule has 0 bridgehead atoms. The third-order valence-electron chi connectivity index (χ3n) is 8.39. The maximum Gasteiger partial charge on any atom is 0.414 e. The molecule has 262 valence electrons. The molecule has 6 rings (SSSR count). The first-order chi connectivity index (χ1) is 23.4. The lowest BCUT2D eigenvalue weighted by atomic mass is 10.1. The number of aromatic nitrogens is 1. The fourth-order valence-corrected chi connectivity index (χ4v) is 5.88. The number of fused-ring (bicyclic) bond motifs is 1. The van der Waals surface area contributed by atoms with E-state index in [4.69, 9.17) is 16.3 Å². The van der Waals surface area contributed by atoms with Crippen molar-refractivity contribution in [2.24, 2.45) is 0 Å². The van der Waals surface area contributed by atoms with E-state index in [2.05, 4.69) is 21.9 Å². The van der Waals surface area contributed by atoms with Crippen molar-refractivity contribution < 1.29 is 37.0 Å². The van der Waals surface area contributed by atoms with Gasteiger partial charge in [-0.1, -0.05) is 24.3 Å². The first kappa shape index (κ1) is 35.5. The molecule has 2 aliphatic heterocycles. The van der Waals surface area contributed by atoms with Crippen LogP contribution in [0.2, 0.25) is 5.02 Å². The van der Waals surface area contributed by atoms with Crippen molar-refractivity contribution in [1.29, 1.82) is 0 Å². The first-order valence-electron chi connectivity index (χ1n) is 15.6. The quantitative estimate of drug-likeness (QED) is 0.356. The second kappa shape index (κ2) is 15.2. The van der Waals surface area contributed by atoms with E-state index in [1.165, 1.54) is 25.3 Å². The Bertz CT molecular complexity index is 1810. The van der Waals surface area contributed by atoms with Gasteiger partial charge in [0.2, 0.25) is 5.91 Å². The summed E-state index contributed by atoms with van der Waals surface area (Å²) in [5.74, 6) is -2.25. The lowest BCUT2D eigenvalue weighted by Crippen LogP contribution is -2.51. The van der Waals surface area contributed by atoms with Crippen molar-refractivity contribution in [3.63, 3.8) is 0 Å². The molecular weight excluding hydrogens is 669 g/mol. The fourth-order valence-electron chi connectivity index (χ4n) is 5.73. The highest BCUT2D eigenvalue weighted by Crippen LogP contribution is 2.38. The van der Waals surface area contributed by atoms with Crippen LogP contribution >= 0.6 is 11.6 Å². The molecule has 3 aromatic rings. The number of anilines is 2. The largest absolute Gasteiger partial charge is 0.453 e. The second-order valence-electron chi connectivity index (χ2n) is 11.7. The fraction of sp³-hybridized carbons (Fsp3) is 0.394. The zero-order valence-electron chi connectivity index (χ0n) is 26.9. The molecule has 1 saturated carbocycles. The zero-order chi connectivity index (χ0) is 35.4. The smallest absolute Gasteiger partial charge is 0.414 e. The molecule has 12 nitrogen and oxygen atoms in total. The number of carbonyl (C=O) groups is 3. The molecule has 3 heterocycles. The number of carbonyl (C=O) groups excluding carboxylic acids is 3. The van der Waals surface area contributed by atoms with Crippen molar-refractivity contribution in [3.8, 4) is 0 Å². The van der Waals surface area contributed by atoms with Gasteiger partial charge in [0.1, 0.15) is 17.6 Å². The summed E-state index contributed by atoms with van der Waals surface area (Å²) in [5.41, 5.74) is 0.816. The van der Waals surface area contributed by atoms with Gasteiger partial charge in [-0.15, -0.1) is 0 Å². The summed E-state index contributed by atoms with van der Waals surface area (Å²) >= 11 is 5.80. The summed E-state index contributed by atoms with van der Waals surface area (Å²) in [5, 5.41) is 5.60. The van der Waals surface area contributed by atoms with Gasteiger partial charge in [-0.25, -0.2) is 22.8 Å². The highest BCUT2D eigenvalue weighted by Gasteiger charge is 2.34. The van der Waals surface area contributed by atoms with Gasteiger partial charge in [-0.2, -0.15) is 0 Å². The van der Waals surface area contributed by atoms with Crippen LogP contribution in [0, 0.1) is 17.5 Å². The average molecular weight is 705 g/mol. The Hall–Kier alpha value is -4.76. The minimum Gasteiger partial charge on any atom is -0.453 e. The topological polar surface area (TPSA) is 125 Å². The molecule has 3 fully saturated rings. The van der Waals surface area contributed by atoms with E-state index in [0.717, 1.165) is 29.9 Å². The van der Waals surface area contributed by atoms with E-state index >= 15 is 0 Å². The van der Waals surface area contributed by atoms with Crippen molar-refractivity contribution in [2.45, 2.75) is 25.0 Å². The molecule has 2 N–H and O–H groups in total. The number of hydrogen-bond donors (Lipinski definition) is 2. The molecule has 1 atom stereocenters. The Balaban J connectivity index is 0.000000219. The summed E-state index contributed by atoms with van der Waals surface area (Å²) < 4.78 is 54.7. The number of nitrogens with one attached hydrogen (secondary N) is 2. The molecule has 1 aromatic heterocycles. The van der Waals surface area contributed by atoms with Crippen LogP contribution in [0.4, 0.5) is 34.1 Å². The van der Waals surface area contributed by atoms with Crippen molar-refractivity contribution in [3.05, 3.63) is 75.3 Å². The number of likely N-dealkylation sites (N-methyl/N-ethyl adjacent to an activating group) is 1. The molecule has 3 amide bonds. The van der Waals surface area contributed by atoms with E-state index in [-0.39, 0.29) is 60.5 Å². The van der Waals surface area contributed by atoms with Crippen LogP contribution in [-0.2, 0) is 14.3 Å². The van der Waals surface area contributed by atoms with Gasteiger partial charge in [0.25, 0.3) is 0 Å². The van der Waals surface area contributed by atoms with E-state index in [9.17, 15) is 32.3 Å². The van der Waals surface area contributed by atoms with E-state index < -0.39 is 35.7 Å². The van der Waals surface area contributed by atoms with Gasteiger partial charge >= 0.3 is 12.2 Å². The Morgan fingerprint density at radius 2 is 1.73 bits per heavy atom. The monoisotopic (exact) mass is 704 g/mol. The molecule has 2 aromatic carbocycles. The van der Waals surface area contributed by atoms with Gasteiger partial charge in [-0.05, 0) is 32.0 Å². The molecule has 0 spiro atoms. The van der Waals surface area contributed by atoms with Crippen molar-refractivity contribution in [1.82, 2.24) is 20.1 Å². The van der Waals surface area contributed by atoms with Crippen molar-refractivity contribution >= 4 is 58.0 Å². The van der Waals surface area contributed by atoms with E-state index in [0.29, 0.717) is 35.6 Å². The number of amides is 3. The number of rotatable bonds is 8. The standard InChI is InChI=1S/C19H25F2N5O5.C14H11ClFNO/c1-22-10-16(27)24-3-5-25(6-4-24)17-14(20)7-12(8-15(17)21)26-11-13(31-19(26)29)9-23-18(28)30-2;1-2-8-7-17(9-3-4-9)13-6-11(15)12(16)5-10(13)14(8)18/h7-8,13,22H,3-6,9-11H2,1-2H3,(H,23,28);2,5-7,9H,1,3-4H2. The average Bonchev–Trinajstić information content (AvgIpc) is 3.86. The lowest BCUT2D eigenvalue weighted by Gasteiger charge is -2.36. The number of benzene rings is 2. The van der Waals surface area contributed by atoms with Crippen molar-refractivity contribution in [2.75, 3.05) is 69.8 Å². The predicted molar refractivity (Wildman–Crippen MR) is 179 cm³/mol. The van der Waals surface area contributed by atoms with Gasteiger partial charge in [0, 0.05) is 61.5 Å². The second-order valence-corrected chi connectivity index (χ2v) is 12.1. The minimum absolute atomic E-state index is 0.00844. The minimum atomic E-state index is -0.811. The summed E-state index contributed by atoms with van der Waals surface area (Å²) in [4.78, 5) is 51.6. The molecule has 2 saturated heterocycles. The van der Waals surface area contributed by atoms with Crippen LogP contribution < -0.4 is 25.9 Å². The molecule has 3 aliphatic rings. The normalized spacial score (nSPS) is 17.4. The predicted octanol–water partition coefficient (Wildman–Crippen LogP) is 4.29. The Morgan fingerprint density at radius 1 is 1.06 bits per heavy atom. The summed E-state index contributed by atoms with van der Waals surface area (Å²) in [6, 6.07) is 5.28. The van der Waals surface area contributed by atoms with Gasteiger partial charge in [0.05, 0.1) is 43.0 Å². The Morgan fingerprint density at radius 3 is 2.33 bits per heavy atom. The van der Waals surface area contributed by atoms with Crippen LogP contribution in [0.15, 0.2) is 41.8 Å². The van der Waals surface area contributed by atoms with Crippen LogP contribution in [-0.4, -0.2) is 93.6 Å². The van der Waals surface area contributed by atoms with Gasteiger partial charge in [0.15, 0.2) is 17.1 Å². The number of cyclic esters (lactones) is 1. The third-order valence-corrected chi connectivity index (χ3v) is 8.68. The van der Waals surface area contributed by atoms with Crippen LogP contribution in [0.3, 0.4) is 0 Å². The van der Waals surface area contributed by atoms with E-state index in [1.54, 1.807) is 23.0 Å². The van der Waals surface area contributed by atoms with Gasteiger partial charge in [-0.3, -0.25) is 14.5 Å². The summed E-state index contributed by atoms with van der Waals surface area (Å²) in [6.45, 7) is 5.15. The Kier molecular flexibility index (Phi) is 11.0. The Labute approximate surface area is 285 Å². The zero-order valence-corrected chi connectivity index (χ0v) is 27.7. The van der Waals surface area contributed by atoms with Gasteiger partial charge < -0.3 is 34.5 Å². The molecule has 16 heteroatoms. The summed E-state index contributed by atoms with van der Waals surface area (Å²) in [7, 11) is 2.88. The molecule has 1 unspecified atom stereocenters. The third kappa shape index (κ3) is 7.94. The number of pyridine rings is 1. The maximum atomic E-state index is 14.8. The number of ether oxygens (including phenoxy) is 2. The maximum absolute atomic E-state index is 14.8. The number of halogens is 4. The molecule has 1 aliphatic carbocycles. The highest BCUT2D eigenvalue weighted by atomic mass is 35.5. The number of nitrogens with zero attached hydrogens (tertiary/aromatic N) is 4. The first-order valence-corrected chi connectivity index (χ1v) is 16.0. The van der Waals surface area contributed by atoms with Crippen LogP contribution in [0.1, 0.15) is 24.4 Å².